The summed E-state index contributed by atoms with van der Waals surface area (Å²) in [6.45, 7) is 3.11. The Labute approximate surface area is 218 Å². The molecule has 1 aliphatic rings. The van der Waals surface area contributed by atoms with Crippen LogP contribution in [0, 0.1) is 0 Å². The molecule has 0 aromatic heterocycles. The minimum Gasteiger partial charge on any atom is -0.465 e. The predicted molar refractivity (Wildman–Crippen MR) is 143 cm³/mol. The van der Waals surface area contributed by atoms with Gasteiger partial charge in [0.1, 0.15) is 5.41 Å². The monoisotopic (exact) mass is 498 g/mol. The van der Waals surface area contributed by atoms with Crippen molar-refractivity contribution in [3.05, 3.63) is 107 Å². The van der Waals surface area contributed by atoms with Gasteiger partial charge >= 0.3 is 5.97 Å². The molecule has 2 atom stereocenters. The Morgan fingerprint density at radius 2 is 1.59 bits per heavy atom. The van der Waals surface area contributed by atoms with E-state index in [-0.39, 0.29) is 23.7 Å². The van der Waals surface area contributed by atoms with Gasteiger partial charge < -0.3 is 15.0 Å². The fourth-order valence-electron chi connectivity index (χ4n) is 5.29. The van der Waals surface area contributed by atoms with E-state index in [2.05, 4.69) is 5.32 Å². The number of nitrogens with zero attached hydrogens (tertiary/aromatic N) is 1. The number of rotatable bonds is 9. The molecule has 37 heavy (non-hydrogen) atoms. The average molecular weight is 499 g/mol. The van der Waals surface area contributed by atoms with E-state index in [1.165, 1.54) is 0 Å². The van der Waals surface area contributed by atoms with Gasteiger partial charge in [-0.05, 0) is 55.0 Å². The van der Waals surface area contributed by atoms with Crippen molar-refractivity contribution in [3.8, 4) is 0 Å². The average Bonchev–Trinajstić information content (AvgIpc) is 2.95. The maximum absolute atomic E-state index is 13.6. The topological polar surface area (TPSA) is 75.7 Å². The lowest BCUT2D eigenvalue weighted by atomic mass is 9.63. The van der Waals surface area contributed by atoms with E-state index in [1.54, 1.807) is 24.1 Å². The Balaban J connectivity index is 1.49. The smallest absolute Gasteiger partial charge is 0.321 e. The number of likely N-dealkylation sites (N-methyl/N-ethyl adjacent to an activating group) is 1. The SMILES string of the molecule is CCOC(=O)[C@]1(c2ccccc2)CC[C@H](C(=O)N(C)CCCNC(=O)c2ccccc2)c2ccccc21. The van der Waals surface area contributed by atoms with Crippen molar-refractivity contribution < 1.29 is 19.1 Å². The third-order valence-electron chi connectivity index (χ3n) is 7.16. The van der Waals surface area contributed by atoms with Crippen LogP contribution in [-0.2, 0) is 19.7 Å². The summed E-state index contributed by atoms with van der Waals surface area (Å²) in [5.74, 6) is -0.715. The molecule has 0 spiro atoms. The quantitative estimate of drug-likeness (QED) is 0.343. The standard InChI is InChI=1S/C31H34N2O4/c1-3-37-30(36)31(24-15-8-5-9-16-24)20-19-26(25-17-10-11-18-27(25)31)29(35)33(2)22-12-21-32-28(34)23-13-6-4-7-14-23/h4-11,13-18,26H,3,12,19-22H2,1-2H3,(H,32,34)/t26-,31-/m0/s1. The van der Waals surface area contributed by atoms with Gasteiger partial charge in [0.05, 0.1) is 12.5 Å². The van der Waals surface area contributed by atoms with Gasteiger partial charge in [0.2, 0.25) is 5.91 Å². The van der Waals surface area contributed by atoms with E-state index in [1.807, 2.05) is 79.7 Å². The van der Waals surface area contributed by atoms with Crippen molar-refractivity contribution in [1.29, 1.82) is 0 Å². The van der Waals surface area contributed by atoms with Crippen molar-refractivity contribution in [2.45, 2.75) is 37.5 Å². The van der Waals surface area contributed by atoms with Crippen LogP contribution >= 0.6 is 0 Å². The maximum Gasteiger partial charge on any atom is 0.321 e. The number of esters is 1. The molecule has 0 radical (unpaired) electrons. The molecular weight excluding hydrogens is 464 g/mol. The van der Waals surface area contributed by atoms with Gasteiger partial charge in [-0.3, -0.25) is 14.4 Å². The van der Waals surface area contributed by atoms with Gasteiger partial charge in [0.15, 0.2) is 0 Å². The molecule has 1 N–H and O–H groups in total. The highest BCUT2D eigenvalue weighted by Gasteiger charge is 2.49. The normalized spacial score (nSPS) is 18.4. The molecule has 0 fully saturated rings. The Hall–Kier alpha value is -3.93. The summed E-state index contributed by atoms with van der Waals surface area (Å²) in [4.78, 5) is 41.0. The van der Waals surface area contributed by atoms with Crippen molar-refractivity contribution in [2.24, 2.45) is 0 Å². The lowest BCUT2D eigenvalue weighted by Crippen LogP contribution is -2.45. The number of hydrogen-bond donors (Lipinski definition) is 1. The zero-order chi connectivity index (χ0) is 26.3. The van der Waals surface area contributed by atoms with Crippen LogP contribution in [-0.4, -0.2) is 49.4 Å². The minimum absolute atomic E-state index is 0.0207. The van der Waals surface area contributed by atoms with Gasteiger partial charge in [-0.2, -0.15) is 0 Å². The van der Waals surface area contributed by atoms with Crippen LogP contribution in [0.25, 0.3) is 0 Å². The number of nitrogens with one attached hydrogen (secondary N) is 1. The molecule has 0 heterocycles. The number of ether oxygens (including phenoxy) is 1. The van der Waals surface area contributed by atoms with Crippen LogP contribution in [0.5, 0.6) is 0 Å². The Bertz CT molecular complexity index is 1230. The zero-order valence-electron chi connectivity index (χ0n) is 21.5. The first-order valence-electron chi connectivity index (χ1n) is 12.9. The molecule has 3 aromatic carbocycles. The number of benzene rings is 3. The summed E-state index contributed by atoms with van der Waals surface area (Å²) in [5.41, 5.74) is 2.28. The Morgan fingerprint density at radius 3 is 2.30 bits per heavy atom. The second-order valence-corrected chi connectivity index (χ2v) is 9.41. The Kier molecular flexibility index (Phi) is 8.39. The van der Waals surface area contributed by atoms with Gasteiger partial charge in [-0.15, -0.1) is 0 Å². The molecule has 0 saturated carbocycles. The lowest BCUT2D eigenvalue weighted by molar-refractivity contribution is -0.149. The molecule has 0 bridgehead atoms. The largest absolute Gasteiger partial charge is 0.465 e. The summed E-state index contributed by atoms with van der Waals surface area (Å²) in [7, 11) is 1.80. The minimum atomic E-state index is -0.940. The number of carbonyl (C=O) groups excluding carboxylic acids is 3. The van der Waals surface area contributed by atoms with E-state index in [9.17, 15) is 14.4 Å². The molecule has 3 aromatic rings. The predicted octanol–water partition coefficient (Wildman–Crippen LogP) is 4.69. The number of fused-ring (bicyclic) bond motifs is 1. The highest BCUT2D eigenvalue weighted by Crippen LogP contribution is 2.48. The molecule has 6 heteroatoms. The second kappa shape index (κ2) is 11.9. The van der Waals surface area contributed by atoms with E-state index in [0.717, 1.165) is 16.7 Å². The van der Waals surface area contributed by atoms with Crippen molar-refractivity contribution >= 4 is 17.8 Å². The van der Waals surface area contributed by atoms with E-state index < -0.39 is 5.41 Å². The molecule has 1 aliphatic carbocycles. The molecule has 0 aliphatic heterocycles. The van der Waals surface area contributed by atoms with Crippen LogP contribution in [0.15, 0.2) is 84.9 Å². The highest BCUT2D eigenvalue weighted by molar-refractivity contribution is 5.94. The van der Waals surface area contributed by atoms with E-state index in [0.29, 0.717) is 44.5 Å². The molecule has 6 nitrogen and oxygen atoms in total. The number of amides is 2. The van der Waals surface area contributed by atoms with Crippen molar-refractivity contribution in [3.63, 3.8) is 0 Å². The summed E-state index contributed by atoms with van der Waals surface area (Å²) in [6.07, 6.45) is 1.68. The summed E-state index contributed by atoms with van der Waals surface area (Å²) in [6, 6.07) is 26.6. The molecule has 0 saturated heterocycles. The number of carbonyl (C=O) groups is 3. The van der Waals surface area contributed by atoms with Crippen LogP contribution in [0.3, 0.4) is 0 Å². The zero-order valence-corrected chi connectivity index (χ0v) is 21.5. The van der Waals surface area contributed by atoms with Crippen molar-refractivity contribution in [1.82, 2.24) is 10.2 Å². The van der Waals surface area contributed by atoms with E-state index in [4.69, 9.17) is 4.74 Å². The van der Waals surface area contributed by atoms with Crippen LogP contribution < -0.4 is 5.32 Å². The fourth-order valence-corrected chi connectivity index (χ4v) is 5.29. The second-order valence-electron chi connectivity index (χ2n) is 9.41. The fraction of sp³-hybridized carbons (Fsp3) is 0.323. The highest BCUT2D eigenvalue weighted by atomic mass is 16.5. The van der Waals surface area contributed by atoms with Gasteiger partial charge in [-0.25, -0.2) is 0 Å². The molecule has 0 unspecified atom stereocenters. The molecule has 2 amide bonds. The van der Waals surface area contributed by atoms with Gasteiger partial charge in [0.25, 0.3) is 5.91 Å². The van der Waals surface area contributed by atoms with Crippen LogP contribution in [0.2, 0.25) is 0 Å². The van der Waals surface area contributed by atoms with Crippen molar-refractivity contribution in [2.75, 3.05) is 26.7 Å². The number of hydrogen-bond acceptors (Lipinski definition) is 4. The van der Waals surface area contributed by atoms with E-state index >= 15 is 0 Å². The third-order valence-corrected chi connectivity index (χ3v) is 7.16. The lowest BCUT2D eigenvalue weighted by Gasteiger charge is -2.41. The first-order chi connectivity index (χ1) is 18.0. The summed E-state index contributed by atoms with van der Waals surface area (Å²) < 4.78 is 5.59. The first-order valence-corrected chi connectivity index (χ1v) is 12.9. The summed E-state index contributed by atoms with van der Waals surface area (Å²) in [5, 5.41) is 2.91. The van der Waals surface area contributed by atoms with Crippen LogP contribution in [0.4, 0.5) is 0 Å². The first kappa shape index (κ1) is 26.1. The summed E-state index contributed by atoms with van der Waals surface area (Å²) >= 11 is 0. The van der Waals surface area contributed by atoms with Crippen LogP contribution in [0.1, 0.15) is 59.2 Å². The molecular formula is C31H34N2O4. The maximum atomic E-state index is 13.6. The van der Waals surface area contributed by atoms with Gasteiger partial charge in [-0.1, -0.05) is 72.8 Å². The molecule has 4 rings (SSSR count). The third kappa shape index (κ3) is 5.43. The van der Waals surface area contributed by atoms with Gasteiger partial charge in [0, 0.05) is 25.7 Å². The molecule has 192 valence electrons. The Morgan fingerprint density at radius 1 is 0.946 bits per heavy atom.